The van der Waals surface area contributed by atoms with Crippen molar-refractivity contribution in [2.45, 2.75) is 46.1 Å². The summed E-state index contributed by atoms with van der Waals surface area (Å²) in [4.78, 5) is 0. The fourth-order valence-electron chi connectivity index (χ4n) is 3.04. The molecule has 1 heterocycles. The molecule has 0 N–H and O–H groups in total. The Labute approximate surface area is 130 Å². The number of rotatable bonds is 12. The predicted octanol–water partition coefficient (Wildman–Crippen LogP) is 2.87. The van der Waals surface area contributed by atoms with Gasteiger partial charge in [-0.3, -0.25) is 0 Å². The van der Waals surface area contributed by atoms with Gasteiger partial charge in [0, 0.05) is 44.5 Å². The van der Waals surface area contributed by atoms with Crippen LogP contribution in [0.15, 0.2) is 0 Å². The Morgan fingerprint density at radius 2 is 1.57 bits per heavy atom. The molecule has 21 heavy (non-hydrogen) atoms. The SMILES string of the molecule is CCO[Si](OCC)(OCC)C(CCCOC)C1(C)COC1. The summed E-state index contributed by atoms with van der Waals surface area (Å²) in [5, 5.41) is 0. The molecule has 6 heteroatoms. The van der Waals surface area contributed by atoms with Gasteiger partial charge in [0.1, 0.15) is 0 Å². The van der Waals surface area contributed by atoms with Crippen molar-refractivity contribution in [3.05, 3.63) is 0 Å². The van der Waals surface area contributed by atoms with Crippen molar-refractivity contribution >= 4 is 8.80 Å². The molecule has 0 amide bonds. The molecule has 1 unspecified atom stereocenters. The Balaban J connectivity index is 2.95. The van der Waals surface area contributed by atoms with E-state index in [2.05, 4.69) is 6.92 Å². The summed E-state index contributed by atoms with van der Waals surface area (Å²) in [6, 6.07) is 0. The summed E-state index contributed by atoms with van der Waals surface area (Å²) in [5.74, 6) is 0. The molecule has 0 aromatic carbocycles. The molecule has 1 atom stereocenters. The molecule has 0 spiro atoms. The third kappa shape index (κ3) is 4.74. The van der Waals surface area contributed by atoms with Crippen LogP contribution in [0.2, 0.25) is 5.54 Å². The minimum Gasteiger partial charge on any atom is -0.385 e. The number of methoxy groups -OCH3 is 1. The van der Waals surface area contributed by atoms with Crippen LogP contribution >= 0.6 is 0 Å². The van der Waals surface area contributed by atoms with E-state index in [1.807, 2.05) is 20.8 Å². The van der Waals surface area contributed by atoms with E-state index in [0.717, 1.165) is 32.7 Å². The van der Waals surface area contributed by atoms with Gasteiger partial charge in [-0.15, -0.1) is 0 Å². The first-order chi connectivity index (χ1) is 10.1. The summed E-state index contributed by atoms with van der Waals surface area (Å²) in [6.07, 6.45) is 1.97. The molecule has 1 aliphatic rings. The first-order valence-corrected chi connectivity index (χ1v) is 9.87. The van der Waals surface area contributed by atoms with Gasteiger partial charge in [-0.25, -0.2) is 0 Å². The molecule has 1 rings (SSSR count). The molecular formula is C15H32O5Si. The first kappa shape index (κ1) is 19.1. The first-order valence-electron chi connectivity index (χ1n) is 8.07. The van der Waals surface area contributed by atoms with Crippen LogP contribution in [-0.4, -0.2) is 55.6 Å². The van der Waals surface area contributed by atoms with E-state index in [1.54, 1.807) is 7.11 Å². The van der Waals surface area contributed by atoms with Gasteiger partial charge in [-0.05, 0) is 33.6 Å². The molecule has 0 saturated carbocycles. The van der Waals surface area contributed by atoms with Gasteiger partial charge in [0.25, 0.3) is 0 Å². The van der Waals surface area contributed by atoms with Gasteiger partial charge in [0.15, 0.2) is 0 Å². The molecule has 0 bridgehead atoms. The van der Waals surface area contributed by atoms with Crippen LogP contribution in [-0.2, 0) is 22.8 Å². The predicted molar refractivity (Wildman–Crippen MR) is 84.4 cm³/mol. The van der Waals surface area contributed by atoms with Crippen LogP contribution < -0.4 is 0 Å². The van der Waals surface area contributed by atoms with E-state index in [9.17, 15) is 0 Å². The number of hydrogen-bond donors (Lipinski definition) is 0. The number of hydrogen-bond acceptors (Lipinski definition) is 5. The topological polar surface area (TPSA) is 46.2 Å². The molecule has 0 aromatic rings. The van der Waals surface area contributed by atoms with E-state index >= 15 is 0 Å². The highest BCUT2D eigenvalue weighted by Gasteiger charge is 2.59. The van der Waals surface area contributed by atoms with Crippen LogP contribution in [0.4, 0.5) is 0 Å². The second-order valence-corrected chi connectivity index (χ2v) is 8.51. The lowest BCUT2D eigenvalue weighted by Crippen LogP contribution is -2.59. The summed E-state index contributed by atoms with van der Waals surface area (Å²) in [7, 11) is -0.978. The average molecular weight is 321 g/mol. The highest BCUT2D eigenvalue weighted by Crippen LogP contribution is 2.49. The van der Waals surface area contributed by atoms with Crippen LogP contribution in [0, 0.1) is 5.41 Å². The van der Waals surface area contributed by atoms with Crippen LogP contribution in [0.25, 0.3) is 0 Å². The van der Waals surface area contributed by atoms with Gasteiger partial charge < -0.3 is 22.8 Å². The van der Waals surface area contributed by atoms with E-state index in [4.69, 9.17) is 22.8 Å². The third-order valence-corrected chi connectivity index (χ3v) is 7.92. The second kappa shape index (κ2) is 9.22. The fraction of sp³-hybridized carbons (Fsp3) is 1.00. The van der Waals surface area contributed by atoms with Gasteiger partial charge >= 0.3 is 8.80 Å². The van der Waals surface area contributed by atoms with Gasteiger partial charge in [-0.2, -0.15) is 0 Å². The van der Waals surface area contributed by atoms with Crippen molar-refractivity contribution in [3.63, 3.8) is 0 Å². The van der Waals surface area contributed by atoms with Crippen molar-refractivity contribution in [3.8, 4) is 0 Å². The molecule has 1 aliphatic heterocycles. The highest BCUT2D eigenvalue weighted by atomic mass is 28.4. The quantitative estimate of drug-likeness (QED) is 0.409. The number of ether oxygens (including phenoxy) is 2. The lowest BCUT2D eigenvalue weighted by molar-refractivity contribution is -0.121. The Morgan fingerprint density at radius 1 is 1.05 bits per heavy atom. The minimum absolute atomic E-state index is 0.0828. The summed E-state index contributed by atoms with van der Waals surface area (Å²) in [5.41, 5.74) is 0.341. The van der Waals surface area contributed by atoms with Crippen molar-refractivity contribution in [1.29, 1.82) is 0 Å². The Bertz CT molecular complexity index is 266. The molecular weight excluding hydrogens is 288 g/mol. The Kier molecular flexibility index (Phi) is 8.37. The zero-order valence-corrected chi connectivity index (χ0v) is 15.3. The molecule has 1 saturated heterocycles. The molecule has 0 aliphatic carbocycles. The standard InChI is InChI=1S/C15H32O5Si/c1-6-18-21(19-7-2,20-8-3)14(10-9-11-16-5)15(4)12-17-13-15/h14H,6-13H2,1-5H3. The highest BCUT2D eigenvalue weighted by molar-refractivity contribution is 6.62. The minimum atomic E-state index is -2.72. The average Bonchev–Trinajstić information content (AvgIpc) is 2.42. The maximum Gasteiger partial charge on any atom is 0.504 e. The monoisotopic (exact) mass is 320 g/mol. The van der Waals surface area contributed by atoms with Crippen molar-refractivity contribution in [2.24, 2.45) is 5.41 Å². The summed E-state index contributed by atoms with van der Waals surface area (Å²) in [6.45, 7) is 12.4. The molecule has 0 aromatic heterocycles. The van der Waals surface area contributed by atoms with Gasteiger partial charge in [0.05, 0.1) is 13.2 Å². The lowest BCUT2D eigenvalue weighted by Gasteiger charge is -2.49. The van der Waals surface area contributed by atoms with Gasteiger partial charge in [-0.1, -0.05) is 6.92 Å². The molecule has 126 valence electrons. The van der Waals surface area contributed by atoms with Crippen molar-refractivity contribution in [1.82, 2.24) is 0 Å². The third-order valence-electron chi connectivity index (χ3n) is 4.01. The largest absolute Gasteiger partial charge is 0.504 e. The normalized spacial score (nSPS) is 19.3. The van der Waals surface area contributed by atoms with E-state index < -0.39 is 8.80 Å². The zero-order valence-electron chi connectivity index (χ0n) is 14.3. The Morgan fingerprint density at radius 3 is 1.90 bits per heavy atom. The van der Waals surface area contributed by atoms with E-state index in [1.165, 1.54) is 0 Å². The zero-order chi connectivity index (χ0) is 15.8. The summed E-state index contributed by atoms with van der Waals surface area (Å²) < 4.78 is 29.1. The molecule has 1 fully saturated rings. The maximum atomic E-state index is 6.12. The second-order valence-electron chi connectivity index (χ2n) is 5.74. The lowest BCUT2D eigenvalue weighted by atomic mass is 9.82. The molecule has 0 radical (unpaired) electrons. The fourth-order valence-corrected chi connectivity index (χ4v) is 6.68. The van der Waals surface area contributed by atoms with Gasteiger partial charge in [0.2, 0.25) is 0 Å². The van der Waals surface area contributed by atoms with Crippen molar-refractivity contribution < 1.29 is 22.8 Å². The maximum absolute atomic E-state index is 6.12. The van der Waals surface area contributed by atoms with E-state index in [-0.39, 0.29) is 11.0 Å². The summed E-state index contributed by atoms with van der Waals surface area (Å²) >= 11 is 0. The van der Waals surface area contributed by atoms with Crippen LogP contribution in [0.1, 0.15) is 40.5 Å². The molecule has 5 nitrogen and oxygen atoms in total. The smallest absolute Gasteiger partial charge is 0.385 e. The Hall–Kier alpha value is 0.0169. The van der Waals surface area contributed by atoms with Crippen LogP contribution in [0.3, 0.4) is 0 Å². The van der Waals surface area contributed by atoms with E-state index in [0.29, 0.717) is 19.8 Å². The van der Waals surface area contributed by atoms with Crippen LogP contribution in [0.5, 0.6) is 0 Å². The van der Waals surface area contributed by atoms with Crippen molar-refractivity contribution in [2.75, 3.05) is 46.8 Å².